The monoisotopic (exact) mass is 221 g/mol. The van der Waals surface area contributed by atoms with Gasteiger partial charge < -0.3 is 5.73 Å². The lowest BCUT2D eigenvalue weighted by Crippen LogP contribution is -2.18. The first-order valence-electron chi connectivity index (χ1n) is 5.18. The Morgan fingerprint density at radius 2 is 2.27 bits per heavy atom. The molecule has 0 saturated heterocycles. The lowest BCUT2D eigenvalue weighted by atomic mass is 10.1. The molecule has 4 heteroatoms. The van der Waals surface area contributed by atoms with E-state index in [9.17, 15) is 0 Å². The van der Waals surface area contributed by atoms with Crippen molar-refractivity contribution in [3.63, 3.8) is 0 Å². The van der Waals surface area contributed by atoms with Gasteiger partial charge in [0.05, 0.1) is 5.69 Å². The summed E-state index contributed by atoms with van der Waals surface area (Å²) in [7, 11) is 0. The second-order valence-corrected chi connectivity index (χ2v) is 4.90. The van der Waals surface area contributed by atoms with Crippen LogP contribution >= 0.6 is 11.3 Å². The van der Waals surface area contributed by atoms with Crippen molar-refractivity contribution in [1.29, 1.82) is 0 Å². The van der Waals surface area contributed by atoms with Gasteiger partial charge >= 0.3 is 0 Å². The van der Waals surface area contributed by atoms with Crippen LogP contribution in [0.2, 0.25) is 0 Å². The minimum atomic E-state index is 0.146. The number of hydrogen-bond acceptors (Lipinski definition) is 4. The highest BCUT2D eigenvalue weighted by molar-refractivity contribution is 7.18. The molecular weight excluding hydrogens is 206 g/mol. The number of thiophene rings is 1. The van der Waals surface area contributed by atoms with E-state index in [4.69, 9.17) is 5.73 Å². The smallest absolute Gasteiger partial charge is 0.127 e. The Bertz CT molecular complexity index is 462. The molecule has 2 heterocycles. The van der Waals surface area contributed by atoms with Gasteiger partial charge in [0, 0.05) is 22.7 Å². The lowest BCUT2D eigenvalue weighted by Gasteiger charge is -2.04. The Labute approximate surface area is 93.4 Å². The van der Waals surface area contributed by atoms with E-state index in [0.29, 0.717) is 0 Å². The van der Waals surface area contributed by atoms with Crippen LogP contribution in [0.4, 0.5) is 0 Å². The Kier molecular flexibility index (Phi) is 2.98. The van der Waals surface area contributed by atoms with Crippen molar-refractivity contribution in [2.75, 3.05) is 0 Å². The number of hydrogen-bond donors (Lipinski definition) is 1. The van der Waals surface area contributed by atoms with Crippen LogP contribution in [-0.2, 0) is 12.8 Å². The number of aryl methyl sites for hydroxylation is 1. The van der Waals surface area contributed by atoms with Crippen molar-refractivity contribution in [2.45, 2.75) is 32.7 Å². The third kappa shape index (κ3) is 2.16. The van der Waals surface area contributed by atoms with E-state index in [1.54, 1.807) is 17.7 Å². The van der Waals surface area contributed by atoms with Crippen LogP contribution in [0.5, 0.6) is 0 Å². The molecule has 0 saturated carbocycles. The normalized spacial score (nSPS) is 13.3. The number of aromatic nitrogens is 2. The largest absolute Gasteiger partial charge is 0.328 e. The van der Waals surface area contributed by atoms with Crippen molar-refractivity contribution < 1.29 is 0 Å². The third-order valence-corrected chi connectivity index (χ3v) is 3.51. The first-order chi connectivity index (χ1) is 7.20. The van der Waals surface area contributed by atoms with Crippen LogP contribution in [-0.4, -0.2) is 16.0 Å². The SMILES string of the molecule is CCc1cc2c(CC(C)N)ncnc2s1. The Morgan fingerprint density at radius 3 is 2.93 bits per heavy atom. The summed E-state index contributed by atoms with van der Waals surface area (Å²) in [4.78, 5) is 11.0. The molecule has 80 valence electrons. The fraction of sp³-hybridized carbons (Fsp3) is 0.455. The first kappa shape index (κ1) is 10.5. The molecule has 15 heavy (non-hydrogen) atoms. The van der Waals surface area contributed by atoms with Gasteiger partial charge in [-0.15, -0.1) is 11.3 Å². The summed E-state index contributed by atoms with van der Waals surface area (Å²) >= 11 is 1.75. The van der Waals surface area contributed by atoms with Gasteiger partial charge in [0.15, 0.2) is 0 Å². The van der Waals surface area contributed by atoms with Crippen molar-refractivity contribution in [3.8, 4) is 0 Å². The molecule has 0 aliphatic carbocycles. The van der Waals surface area contributed by atoms with Gasteiger partial charge in [0.1, 0.15) is 11.2 Å². The van der Waals surface area contributed by atoms with E-state index in [1.807, 2.05) is 6.92 Å². The number of fused-ring (bicyclic) bond motifs is 1. The minimum absolute atomic E-state index is 0.146. The second kappa shape index (κ2) is 4.24. The van der Waals surface area contributed by atoms with Gasteiger partial charge in [-0.1, -0.05) is 6.92 Å². The predicted octanol–water partition coefficient (Wildman–Crippen LogP) is 2.14. The minimum Gasteiger partial charge on any atom is -0.328 e. The molecule has 2 aromatic rings. The van der Waals surface area contributed by atoms with Gasteiger partial charge in [-0.05, 0) is 19.4 Å². The third-order valence-electron chi connectivity index (χ3n) is 2.33. The average Bonchev–Trinajstić information content (AvgIpc) is 2.61. The van der Waals surface area contributed by atoms with Crippen LogP contribution in [0.3, 0.4) is 0 Å². The molecule has 0 amide bonds. The van der Waals surface area contributed by atoms with Gasteiger partial charge in [-0.2, -0.15) is 0 Å². The van der Waals surface area contributed by atoms with E-state index in [1.165, 1.54) is 10.3 Å². The topological polar surface area (TPSA) is 51.8 Å². The van der Waals surface area contributed by atoms with E-state index in [2.05, 4.69) is 23.0 Å². The molecule has 2 aromatic heterocycles. The van der Waals surface area contributed by atoms with Crippen molar-refractivity contribution in [1.82, 2.24) is 9.97 Å². The maximum Gasteiger partial charge on any atom is 0.127 e. The molecule has 1 atom stereocenters. The molecule has 0 radical (unpaired) electrons. The van der Waals surface area contributed by atoms with E-state index in [0.717, 1.165) is 23.4 Å². The molecular formula is C11H15N3S. The zero-order chi connectivity index (χ0) is 10.8. The maximum absolute atomic E-state index is 5.80. The second-order valence-electron chi connectivity index (χ2n) is 3.79. The standard InChI is InChI=1S/C11H15N3S/c1-3-8-5-9-10(4-7(2)12)13-6-14-11(9)15-8/h5-7H,3-4,12H2,1-2H3. The van der Waals surface area contributed by atoms with E-state index >= 15 is 0 Å². The summed E-state index contributed by atoms with van der Waals surface area (Å²) in [6.45, 7) is 4.16. The van der Waals surface area contributed by atoms with Crippen molar-refractivity contribution >= 4 is 21.6 Å². The molecule has 0 fully saturated rings. The van der Waals surface area contributed by atoms with Crippen LogP contribution < -0.4 is 5.73 Å². The quantitative estimate of drug-likeness (QED) is 0.864. The Balaban J connectivity index is 2.49. The molecule has 0 bridgehead atoms. The van der Waals surface area contributed by atoms with E-state index in [-0.39, 0.29) is 6.04 Å². The van der Waals surface area contributed by atoms with Gasteiger partial charge in [0.25, 0.3) is 0 Å². The molecule has 2 rings (SSSR count). The van der Waals surface area contributed by atoms with Crippen LogP contribution in [0, 0.1) is 0 Å². The lowest BCUT2D eigenvalue weighted by molar-refractivity contribution is 0.725. The van der Waals surface area contributed by atoms with Crippen molar-refractivity contribution in [3.05, 3.63) is 23.0 Å². The Morgan fingerprint density at radius 1 is 1.47 bits per heavy atom. The zero-order valence-corrected chi connectivity index (χ0v) is 9.84. The Hall–Kier alpha value is -1.00. The number of nitrogens with zero attached hydrogens (tertiary/aromatic N) is 2. The highest BCUT2D eigenvalue weighted by Crippen LogP contribution is 2.26. The first-order valence-corrected chi connectivity index (χ1v) is 6.00. The maximum atomic E-state index is 5.80. The molecule has 0 spiro atoms. The highest BCUT2D eigenvalue weighted by atomic mass is 32.1. The summed E-state index contributed by atoms with van der Waals surface area (Å²) in [5.74, 6) is 0. The predicted molar refractivity (Wildman–Crippen MR) is 64.1 cm³/mol. The number of nitrogens with two attached hydrogens (primary N) is 1. The number of rotatable bonds is 3. The fourth-order valence-electron chi connectivity index (χ4n) is 1.60. The van der Waals surface area contributed by atoms with Gasteiger partial charge in [0.2, 0.25) is 0 Å². The summed E-state index contributed by atoms with van der Waals surface area (Å²) in [5.41, 5.74) is 6.87. The molecule has 2 N–H and O–H groups in total. The van der Waals surface area contributed by atoms with Gasteiger partial charge in [-0.25, -0.2) is 9.97 Å². The molecule has 0 aliphatic heterocycles. The van der Waals surface area contributed by atoms with Crippen LogP contribution in [0.15, 0.2) is 12.4 Å². The summed E-state index contributed by atoms with van der Waals surface area (Å²) in [6.07, 6.45) is 3.51. The molecule has 3 nitrogen and oxygen atoms in total. The molecule has 0 aliphatic rings. The highest BCUT2D eigenvalue weighted by Gasteiger charge is 2.08. The summed E-state index contributed by atoms with van der Waals surface area (Å²) < 4.78 is 0. The van der Waals surface area contributed by atoms with Gasteiger partial charge in [-0.3, -0.25) is 0 Å². The summed E-state index contributed by atoms with van der Waals surface area (Å²) in [6, 6.07) is 2.34. The molecule has 1 unspecified atom stereocenters. The zero-order valence-electron chi connectivity index (χ0n) is 9.03. The molecule has 0 aromatic carbocycles. The van der Waals surface area contributed by atoms with Crippen LogP contribution in [0.1, 0.15) is 24.4 Å². The average molecular weight is 221 g/mol. The van der Waals surface area contributed by atoms with Crippen LogP contribution in [0.25, 0.3) is 10.2 Å². The van der Waals surface area contributed by atoms with E-state index < -0.39 is 0 Å². The summed E-state index contributed by atoms with van der Waals surface area (Å²) in [5, 5.41) is 1.18. The van der Waals surface area contributed by atoms with Crippen molar-refractivity contribution in [2.24, 2.45) is 5.73 Å². The fourth-order valence-corrected chi connectivity index (χ4v) is 2.55.